The molecule has 0 atom stereocenters. The monoisotopic (exact) mass is 370 g/mol. The van der Waals surface area contributed by atoms with E-state index in [1.807, 2.05) is 37.1 Å². The molecule has 2 rings (SSSR count). The lowest BCUT2D eigenvalue weighted by Crippen LogP contribution is -2.48. The normalized spacial score (nSPS) is 18.3. The predicted octanol–water partition coefficient (Wildman–Crippen LogP) is 2.88. The highest BCUT2D eigenvalue weighted by molar-refractivity contribution is 5.94. The molecule has 5 heteroatoms. The van der Waals surface area contributed by atoms with E-state index in [1.54, 1.807) is 6.08 Å². The standard InChI is InChI=1S/C22H34N4O/c1-6-11-24-14-16-25(17-15-24)13-10-23-22(27)21(18(3)4)26-12-8-9-20(7-2)19(26)5/h7-9,12H,2,5-6,10-11,13-17H2,1,3-4H3,(H,23,27). The van der Waals surface area contributed by atoms with Crippen LogP contribution in [-0.4, -0.2) is 66.4 Å². The molecule has 0 aromatic rings. The van der Waals surface area contributed by atoms with E-state index in [1.165, 1.54) is 13.0 Å². The van der Waals surface area contributed by atoms with Gasteiger partial charge < -0.3 is 15.1 Å². The zero-order chi connectivity index (χ0) is 19.8. The van der Waals surface area contributed by atoms with E-state index >= 15 is 0 Å². The van der Waals surface area contributed by atoms with Crippen LogP contribution in [0.4, 0.5) is 0 Å². The average Bonchev–Trinajstić information content (AvgIpc) is 2.65. The fourth-order valence-corrected chi connectivity index (χ4v) is 3.49. The van der Waals surface area contributed by atoms with Crippen molar-refractivity contribution in [1.29, 1.82) is 0 Å². The van der Waals surface area contributed by atoms with Gasteiger partial charge in [0.05, 0.1) is 0 Å². The molecule has 148 valence electrons. The topological polar surface area (TPSA) is 38.8 Å². The van der Waals surface area contributed by atoms with Gasteiger partial charge in [-0.25, -0.2) is 0 Å². The van der Waals surface area contributed by atoms with Crippen LogP contribution in [-0.2, 0) is 4.79 Å². The number of rotatable bonds is 8. The van der Waals surface area contributed by atoms with Crippen LogP contribution in [0.5, 0.6) is 0 Å². The summed E-state index contributed by atoms with van der Waals surface area (Å²) in [7, 11) is 0. The van der Waals surface area contributed by atoms with Gasteiger partial charge in [0.25, 0.3) is 5.91 Å². The number of hydrogen-bond acceptors (Lipinski definition) is 4. The van der Waals surface area contributed by atoms with Crippen LogP contribution in [0.15, 0.2) is 60.1 Å². The molecule has 0 unspecified atom stereocenters. The number of amides is 1. The summed E-state index contributed by atoms with van der Waals surface area (Å²) < 4.78 is 0. The molecule has 1 fully saturated rings. The second kappa shape index (κ2) is 10.3. The molecule has 0 aromatic carbocycles. The number of allylic oxidation sites excluding steroid dienone is 4. The Bertz CT molecular complexity index is 647. The summed E-state index contributed by atoms with van der Waals surface area (Å²) in [5.41, 5.74) is 3.29. The molecule has 1 amide bonds. The Labute approximate surface area is 164 Å². The third-order valence-electron chi connectivity index (χ3n) is 5.00. The van der Waals surface area contributed by atoms with Crippen LogP contribution in [0.3, 0.4) is 0 Å². The summed E-state index contributed by atoms with van der Waals surface area (Å²) >= 11 is 0. The molecule has 0 aromatic heterocycles. The number of hydrogen-bond donors (Lipinski definition) is 1. The van der Waals surface area contributed by atoms with Crippen molar-refractivity contribution < 1.29 is 4.79 Å². The van der Waals surface area contributed by atoms with Gasteiger partial charge in [-0.3, -0.25) is 9.69 Å². The lowest BCUT2D eigenvalue weighted by molar-refractivity contribution is -0.118. The Morgan fingerprint density at radius 1 is 1.19 bits per heavy atom. The summed E-state index contributed by atoms with van der Waals surface area (Å²) in [6.45, 7) is 21.2. The molecule has 5 nitrogen and oxygen atoms in total. The van der Waals surface area contributed by atoms with Gasteiger partial charge in [-0.15, -0.1) is 0 Å². The van der Waals surface area contributed by atoms with Gasteiger partial charge in [0.1, 0.15) is 5.70 Å². The first-order valence-corrected chi connectivity index (χ1v) is 9.87. The molecule has 0 aliphatic carbocycles. The van der Waals surface area contributed by atoms with Crippen LogP contribution >= 0.6 is 0 Å². The van der Waals surface area contributed by atoms with Crippen LogP contribution < -0.4 is 5.32 Å². The number of carbonyl (C=O) groups excluding carboxylic acids is 1. The van der Waals surface area contributed by atoms with Crippen molar-refractivity contribution in [1.82, 2.24) is 20.0 Å². The molecule has 0 bridgehead atoms. The van der Waals surface area contributed by atoms with Crippen LogP contribution in [0.1, 0.15) is 27.2 Å². The maximum atomic E-state index is 12.8. The van der Waals surface area contributed by atoms with Crippen LogP contribution in [0.25, 0.3) is 0 Å². The first-order chi connectivity index (χ1) is 13.0. The van der Waals surface area contributed by atoms with Gasteiger partial charge >= 0.3 is 0 Å². The number of carbonyl (C=O) groups is 1. The second-order valence-electron chi connectivity index (χ2n) is 7.27. The van der Waals surface area contributed by atoms with Crippen LogP contribution in [0, 0.1) is 0 Å². The van der Waals surface area contributed by atoms with Crippen molar-refractivity contribution in [2.75, 3.05) is 45.8 Å². The maximum Gasteiger partial charge on any atom is 0.268 e. The third kappa shape index (κ3) is 5.68. The van der Waals surface area contributed by atoms with Gasteiger partial charge in [0.2, 0.25) is 0 Å². The van der Waals surface area contributed by atoms with Crippen molar-refractivity contribution in [2.45, 2.75) is 27.2 Å². The van der Waals surface area contributed by atoms with E-state index in [-0.39, 0.29) is 5.91 Å². The number of piperazine rings is 1. The molecule has 0 saturated carbocycles. The molecular weight excluding hydrogens is 336 g/mol. The minimum Gasteiger partial charge on any atom is -0.349 e. The van der Waals surface area contributed by atoms with Gasteiger partial charge in [-0.2, -0.15) is 0 Å². The van der Waals surface area contributed by atoms with Crippen molar-refractivity contribution in [2.24, 2.45) is 0 Å². The highest BCUT2D eigenvalue weighted by atomic mass is 16.2. The maximum absolute atomic E-state index is 12.8. The summed E-state index contributed by atoms with van der Waals surface area (Å²) in [4.78, 5) is 19.6. The summed E-state index contributed by atoms with van der Waals surface area (Å²) in [6, 6.07) is 0. The SMILES string of the molecule is C=CC1=CC=CN(C(C(=O)NCCN2CCN(CCC)CC2)=C(C)C)C1=C. The predicted molar refractivity (Wildman–Crippen MR) is 113 cm³/mol. The summed E-state index contributed by atoms with van der Waals surface area (Å²) in [6.07, 6.45) is 8.71. The first kappa shape index (κ1) is 21.2. The second-order valence-corrected chi connectivity index (χ2v) is 7.27. The van der Waals surface area contributed by atoms with E-state index in [4.69, 9.17) is 0 Å². The van der Waals surface area contributed by atoms with Gasteiger partial charge in [-0.05, 0) is 44.0 Å². The van der Waals surface area contributed by atoms with E-state index in [0.717, 1.165) is 49.6 Å². The van der Waals surface area contributed by atoms with E-state index in [9.17, 15) is 4.79 Å². The average molecular weight is 371 g/mol. The smallest absolute Gasteiger partial charge is 0.268 e. The van der Waals surface area contributed by atoms with E-state index < -0.39 is 0 Å². The van der Waals surface area contributed by atoms with Gasteiger partial charge in [0, 0.05) is 51.2 Å². The minimum atomic E-state index is -0.0595. The summed E-state index contributed by atoms with van der Waals surface area (Å²) in [5.74, 6) is -0.0595. The Morgan fingerprint density at radius 3 is 2.37 bits per heavy atom. The highest BCUT2D eigenvalue weighted by Gasteiger charge is 2.22. The number of nitrogens with zero attached hydrogens (tertiary/aromatic N) is 3. The van der Waals surface area contributed by atoms with E-state index in [2.05, 4.69) is 35.2 Å². The molecule has 2 heterocycles. The van der Waals surface area contributed by atoms with Crippen molar-refractivity contribution in [3.63, 3.8) is 0 Å². The lowest BCUT2D eigenvalue weighted by atomic mass is 10.1. The molecule has 0 radical (unpaired) electrons. The fraction of sp³-hybridized carbons (Fsp3) is 0.500. The Balaban J connectivity index is 1.87. The molecular formula is C22H34N4O. The van der Waals surface area contributed by atoms with Crippen molar-refractivity contribution in [3.05, 3.63) is 60.1 Å². The minimum absolute atomic E-state index is 0.0595. The van der Waals surface area contributed by atoms with Crippen LogP contribution in [0.2, 0.25) is 0 Å². The van der Waals surface area contributed by atoms with Crippen molar-refractivity contribution in [3.8, 4) is 0 Å². The fourth-order valence-electron chi connectivity index (χ4n) is 3.49. The zero-order valence-electron chi connectivity index (χ0n) is 17.1. The Kier molecular flexibility index (Phi) is 8.07. The highest BCUT2D eigenvalue weighted by Crippen LogP contribution is 2.25. The molecule has 2 aliphatic heterocycles. The van der Waals surface area contributed by atoms with E-state index in [0.29, 0.717) is 12.2 Å². The zero-order valence-corrected chi connectivity index (χ0v) is 17.1. The third-order valence-corrected chi connectivity index (χ3v) is 5.00. The Morgan fingerprint density at radius 2 is 1.81 bits per heavy atom. The molecule has 2 aliphatic rings. The van der Waals surface area contributed by atoms with Gasteiger partial charge in [-0.1, -0.05) is 32.2 Å². The van der Waals surface area contributed by atoms with Gasteiger partial charge in [0.15, 0.2) is 0 Å². The molecule has 1 saturated heterocycles. The largest absolute Gasteiger partial charge is 0.349 e. The Hall–Kier alpha value is -2.11. The molecule has 1 N–H and O–H groups in total. The number of nitrogens with one attached hydrogen (secondary N) is 1. The first-order valence-electron chi connectivity index (χ1n) is 9.87. The van der Waals surface area contributed by atoms with Crippen molar-refractivity contribution >= 4 is 5.91 Å². The summed E-state index contributed by atoms with van der Waals surface area (Å²) in [5, 5.41) is 3.08. The quantitative estimate of drug-likeness (QED) is 0.667. The molecule has 0 spiro atoms. The lowest BCUT2D eigenvalue weighted by Gasteiger charge is -2.34. The molecule has 27 heavy (non-hydrogen) atoms.